The summed E-state index contributed by atoms with van der Waals surface area (Å²) in [6.45, 7) is 3.74. The summed E-state index contributed by atoms with van der Waals surface area (Å²) in [5.41, 5.74) is 6.06. The minimum absolute atomic E-state index is 0.307. The fraction of sp³-hybridized carbons (Fsp3) is 0.174. The van der Waals surface area contributed by atoms with Crippen molar-refractivity contribution in [3.63, 3.8) is 0 Å². The number of hydrogen-bond donors (Lipinski definition) is 1. The molecule has 3 aromatic rings. The Balaban J connectivity index is 1.60. The summed E-state index contributed by atoms with van der Waals surface area (Å²) < 4.78 is 6.57. The van der Waals surface area contributed by atoms with E-state index in [1.807, 2.05) is 19.1 Å². The van der Waals surface area contributed by atoms with Crippen LogP contribution in [0.15, 0.2) is 66.7 Å². The number of benzene rings is 3. The zero-order chi connectivity index (χ0) is 19.2. The van der Waals surface area contributed by atoms with E-state index in [4.69, 9.17) is 9.84 Å². The summed E-state index contributed by atoms with van der Waals surface area (Å²) in [7, 11) is 0. The van der Waals surface area contributed by atoms with E-state index in [0.717, 1.165) is 10.9 Å². The third kappa shape index (κ3) is 5.46. The maximum atomic E-state index is 10.6. The van der Waals surface area contributed by atoms with Crippen LogP contribution in [0.25, 0.3) is 11.1 Å². The molecule has 138 valence electrons. The van der Waals surface area contributed by atoms with Crippen molar-refractivity contribution >= 4 is 25.4 Å². The van der Waals surface area contributed by atoms with Crippen LogP contribution in [0, 0.1) is 13.8 Å². The van der Waals surface area contributed by atoms with Gasteiger partial charge in [-0.05, 0) is 0 Å². The molecule has 0 aliphatic rings. The molecule has 0 aliphatic heterocycles. The van der Waals surface area contributed by atoms with Gasteiger partial charge in [0, 0.05) is 0 Å². The molecule has 0 saturated carbocycles. The molecule has 0 bridgehead atoms. The average Bonchev–Trinajstić information content (AvgIpc) is 2.66. The van der Waals surface area contributed by atoms with Crippen LogP contribution in [0.5, 0.6) is 5.75 Å². The molecule has 0 fully saturated rings. The van der Waals surface area contributed by atoms with Crippen molar-refractivity contribution in [2.75, 3.05) is 6.61 Å². The van der Waals surface area contributed by atoms with Crippen LogP contribution in [-0.2, 0) is 10.1 Å². The van der Waals surface area contributed by atoms with Gasteiger partial charge in [-0.2, -0.15) is 0 Å². The summed E-state index contributed by atoms with van der Waals surface area (Å²) in [4.78, 5) is 10.6. The van der Waals surface area contributed by atoms with Gasteiger partial charge in [0.1, 0.15) is 0 Å². The molecule has 27 heavy (non-hydrogen) atoms. The molecule has 3 nitrogen and oxygen atoms in total. The Morgan fingerprint density at radius 1 is 0.926 bits per heavy atom. The van der Waals surface area contributed by atoms with E-state index in [1.54, 1.807) is 0 Å². The first-order valence-electron chi connectivity index (χ1n) is 8.75. The standard InChI is InChI=1S/C23H22O3Se/c1-16-3-7-19(8-4-16)20-9-5-18(6-10-20)15-27-21-11-12-22(17(2)13-21)26-14-23(24)25/h3-13H,14-15H2,1-2H3,(H,24,25). The number of carboxylic acids is 1. The van der Waals surface area contributed by atoms with Crippen LogP contribution >= 0.6 is 0 Å². The predicted molar refractivity (Wildman–Crippen MR) is 110 cm³/mol. The van der Waals surface area contributed by atoms with Gasteiger partial charge in [-0.3, -0.25) is 0 Å². The monoisotopic (exact) mass is 426 g/mol. The number of carboxylic acid groups (broad SMARTS) is 1. The first kappa shape index (κ1) is 19.2. The van der Waals surface area contributed by atoms with Crippen molar-refractivity contribution in [1.29, 1.82) is 0 Å². The molecule has 0 aromatic heterocycles. The van der Waals surface area contributed by atoms with E-state index < -0.39 is 5.97 Å². The summed E-state index contributed by atoms with van der Waals surface area (Å²) in [5, 5.41) is 9.74. The predicted octanol–water partition coefficient (Wildman–Crippen LogP) is 3.96. The Labute approximate surface area is 166 Å². The molecule has 0 saturated heterocycles. The van der Waals surface area contributed by atoms with Crippen LogP contribution in [0.3, 0.4) is 0 Å². The molecular weight excluding hydrogens is 403 g/mol. The van der Waals surface area contributed by atoms with Gasteiger partial charge >= 0.3 is 166 Å². The molecule has 0 unspecified atom stereocenters. The third-order valence-electron chi connectivity index (χ3n) is 4.24. The topological polar surface area (TPSA) is 46.5 Å². The van der Waals surface area contributed by atoms with Crippen LogP contribution in [-0.4, -0.2) is 32.6 Å². The van der Waals surface area contributed by atoms with Gasteiger partial charge in [0.05, 0.1) is 0 Å². The van der Waals surface area contributed by atoms with E-state index in [1.165, 1.54) is 26.7 Å². The normalized spacial score (nSPS) is 10.6. The van der Waals surface area contributed by atoms with Gasteiger partial charge in [-0.25, -0.2) is 0 Å². The molecule has 0 spiro atoms. The summed E-state index contributed by atoms with van der Waals surface area (Å²) in [6.07, 6.45) is 0. The number of rotatable bonds is 7. The molecule has 0 heterocycles. The van der Waals surface area contributed by atoms with Crippen molar-refractivity contribution in [3.05, 3.63) is 83.4 Å². The zero-order valence-corrected chi connectivity index (χ0v) is 17.2. The van der Waals surface area contributed by atoms with E-state index in [9.17, 15) is 4.79 Å². The fourth-order valence-electron chi connectivity index (χ4n) is 2.72. The summed E-state index contributed by atoms with van der Waals surface area (Å²) in [6, 6.07) is 23.4. The molecule has 0 radical (unpaired) electrons. The van der Waals surface area contributed by atoms with Gasteiger partial charge in [-0.15, -0.1) is 0 Å². The number of carbonyl (C=O) groups is 1. The molecule has 4 heteroatoms. The summed E-state index contributed by atoms with van der Waals surface area (Å²) >= 11 is 0.321. The van der Waals surface area contributed by atoms with Crippen LogP contribution in [0.1, 0.15) is 16.7 Å². The Bertz CT molecular complexity index is 915. The second-order valence-electron chi connectivity index (χ2n) is 6.46. The minimum atomic E-state index is -0.961. The van der Waals surface area contributed by atoms with E-state index in [0.29, 0.717) is 20.7 Å². The Morgan fingerprint density at radius 3 is 2.15 bits per heavy atom. The number of hydrogen-bond acceptors (Lipinski definition) is 2. The van der Waals surface area contributed by atoms with Crippen LogP contribution in [0.2, 0.25) is 0 Å². The van der Waals surface area contributed by atoms with Gasteiger partial charge in [0.2, 0.25) is 0 Å². The molecule has 0 atom stereocenters. The second kappa shape index (κ2) is 8.90. The molecule has 1 N–H and O–H groups in total. The van der Waals surface area contributed by atoms with Crippen molar-refractivity contribution in [2.24, 2.45) is 0 Å². The number of ether oxygens (including phenoxy) is 1. The molecular formula is C23H22O3Se. The van der Waals surface area contributed by atoms with Gasteiger partial charge in [-0.1, -0.05) is 0 Å². The van der Waals surface area contributed by atoms with Gasteiger partial charge in [0.15, 0.2) is 0 Å². The SMILES string of the molecule is Cc1ccc(-c2ccc(C[Se]c3ccc(OCC(=O)O)c(C)c3)cc2)cc1. The molecule has 0 aliphatic carbocycles. The first-order valence-corrected chi connectivity index (χ1v) is 10.8. The van der Waals surface area contributed by atoms with Crippen molar-refractivity contribution in [2.45, 2.75) is 19.2 Å². The Kier molecular flexibility index (Phi) is 6.33. The van der Waals surface area contributed by atoms with Crippen LogP contribution in [0.4, 0.5) is 0 Å². The second-order valence-corrected chi connectivity index (χ2v) is 8.66. The molecule has 3 rings (SSSR count). The number of aliphatic carboxylic acids is 1. The molecule has 0 amide bonds. The Morgan fingerprint density at radius 2 is 1.56 bits per heavy atom. The maximum absolute atomic E-state index is 10.6. The zero-order valence-electron chi connectivity index (χ0n) is 15.4. The quantitative estimate of drug-likeness (QED) is 0.583. The fourth-order valence-corrected chi connectivity index (χ4v) is 4.71. The van der Waals surface area contributed by atoms with Crippen molar-refractivity contribution < 1.29 is 14.6 Å². The van der Waals surface area contributed by atoms with Gasteiger partial charge in [0.25, 0.3) is 0 Å². The first-order chi connectivity index (χ1) is 13.0. The van der Waals surface area contributed by atoms with Crippen molar-refractivity contribution in [1.82, 2.24) is 0 Å². The third-order valence-corrected chi connectivity index (χ3v) is 6.48. The van der Waals surface area contributed by atoms with Gasteiger partial charge < -0.3 is 0 Å². The Hall–Kier alpha value is -2.55. The van der Waals surface area contributed by atoms with E-state index in [2.05, 4.69) is 61.5 Å². The van der Waals surface area contributed by atoms with E-state index >= 15 is 0 Å². The van der Waals surface area contributed by atoms with E-state index in [-0.39, 0.29) is 6.61 Å². The summed E-state index contributed by atoms with van der Waals surface area (Å²) in [5.74, 6) is -0.323. The average molecular weight is 425 g/mol. The molecule has 3 aromatic carbocycles. The number of aryl methyl sites for hydroxylation is 2. The van der Waals surface area contributed by atoms with Crippen molar-refractivity contribution in [3.8, 4) is 16.9 Å². The van der Waals surface area contributed by atoms with Crippen LogP contribution < -0.4 is 9.20 Å².